The molecule has 222 valence electrons. The average Bonchev–Trinajstić information content (AvgIpc) is 3.72. The Hall–Kier alpha value is -3.57. The number of likely N-dealkylation sites (tertiary alicyclic amines) is 1. The minimum atomic E-state index is -1.18. The summed E-state index contributed by atoms with van der Waals surface area (Å²) < 4.78 is 1.27. The Kier molecular flexibility index (Phi) is 8.28. The number of thioether (sulfide) groups is 1. The van der Waals surface area contributed by atoms with E-state index in [1.807, 2.05) is 6.92 Å². The van der Waals surface area contributed by atoms with Gasteiger partial charge in [0.05, 0.1) is 24.5 Å². The Bertz CT molecular complexity index is 1260. The second kappa shape index (κ2) is 11.7. The van der Waals surface area contributed by atoms with Gasteiger partial charge in [-0.2, -0.15) is 0 Å². The van der Waals surface area contributed by atoms with Crippen LogP contribution in [0, 0.1) is 11.8 Å². The number of amides is 4. The number of aliphatic carboxylic acids is 1. The van der Waals surface area contributed by atoms with Crippen molar-refractivity contribution in [1.29, 1.82) is 0 Å². The zero-order chi connectivity index (χ0) is 29.4. The summed E-state index contributed by atoms with van der Waals surface area (Å²) in [5, 5.41) is 29.5. The molecule has 0 aromatic carbocycles. The third-order valence-corrected chi connectivity index (χ3v) is 9.66. The van der Waals surface area contributed by atoms with E-state index in [4.69, 9.17) is 5.73 Å². The van der Waals surface area contributed by atoms with Crippen LogP contribution in [0.25, 0.3) is 0 Å². The summed E-state index contributed by atoms with van der Waals surface area (Å²) in [6.07, 6.45) is 2.49. The molecule has 1 aromatic rings. The van der Waals surface area contributed by atoms with Crippen molar-refractivity contribution in [1.82, 2.24) is 46.0 Å². The molecule has 7 atom stereocenters. The van der Waals surface area contributed by atoms with Crippen molar-refractivity contribution in [3.05, 3.63) is 16.9 Å². The van der Waals surface area contributed by atoms with Crippen LogP contribution in [0.15, 0.2) is 16.9 Å². The molecule has 5 heterocycles. The summed E-state index contributed by atoms with van der Waals surface area (Å²) >= 11 is 1.40. The first-order valence-electron chi connectivity index (χ1n) is 13.6. The molecule has 1 unspecified atom stereocenters. The maximum atomic E-state index is 13.2. The fourth-order valence-electron chi connectivity index (χ4n) is 6.23. The molecule has 16 nitrogen and oxygen atoms in total. The minimum absolute atomic E-state index is 0.0197. The molecule has 3 fully saturated rings. The predicted octanol–water partition coefficient (Wildman–Crippen LogP) is -2.91. The fourth-order valence-corrected chi connectivity index (χ4v) is 7.71. The zero-order valence-corrected chi connectivity index (χ0v) is 23.5. The lowest BCUT2D eigenvalue weighted by Crippen LogP contribution is -2.66. The normalized spacial score (nSPS) is 29.8. The van der Waals surface area contributed by atoms with Crippen LogP contribution in [0.1, 0.15) is 26.7 Å². The Balaban J connectivity index is 1.19. The number of β-lactam (4-membered cyclic amide) rings is 1. The van der Waals surface area contributed by atoms with E-state index in [0.29, 0.717) is 37.4 Å². The van der Waals surface area contributed by atoms with Gasteiger partial charge in [0.15, 0.2) is 0 Å². The molecule has 0 spiro atoms. The number of carbonyl (C=O) groups is 5. The van der Waals surface area contributed by atoms with E-state index in [1.165, 1.54) is 27.7 Å². The fraction of sp³-hybridized carbons (Fsp3) is 0.667. The third-order valence-electron chi connectivity index (χ3n) is 8.15. The molecular weight excluding hydrogens is 556 g/mol. The van der Waals surface area contributed by atoms with E-state index < -0.39 is 30.0 Å². The molecule has 5 rings (SSSR count). The molecule has 41 heavy (non-hydrogen) atoms. The number of rotatable bonds is 10. The van der Waals surface area contributed by atoms with Crippen molar-refractivity contribution >= 4 is 41.4 Å². The van der Waals surface area contributed by atoms with E-state index >= 15 is 0 Å². The predicted molar refractivity (Wildman–Crippen MR) is 143 cm³/mol. The lowest BCUT2D eigenvalue weighted by Gasteiger charge is -2.47. The standard InChI is InChI=1S/C24H34N10O6S/c1-11-19-18(12(2)28-17(36)9-33-10-27-30-31-33)23(38)34(19)20(24(39)40)21(11)41-14-5-15(26-7-14)22(37)32-4-3-13(8-32)29-16(35)6-25/h10-15,18-19,26H,3-9,25H2,1-2H3,(H,28,36)(H,29,35)(H,39,40)/t11-,12?,13-,14+,15+,18-,19-/m1/s1. The van der Waals surface area contributed by atoms with Crippen molar-refractivity contribution in [2.75, 3.05) is 26.2 Å². The Labute approximate surface area is 239 Å². The highest BCUT2D eigenvalue weighted by Crippen LogP contribution is 2.51. The minimum Gasteiger partial charge on any atom is -0.477 e. The molecular formula is C24H34N10O6S. The van der Waals surface area contributed by atoms with Gasteiger partial charge in [-0.25, -0.2) is 9.48 Å². The number of hydrogen-bond acceptors (Lipinski definition) is 11. The monoisotopic (exact) mass is 590 g/mol. The maximum absolute atomic E-state index is 13.2. The number of carboxylic acid groups (broad SMARTS) is 1. The molecule has 17 heteroatoms. The van der Waals surface area contributed by atoms with Crippen LogP contribution >= 0.6 is 11.8 Å². The molecule has 0 bridgehead atoms. The summed E-state index contributed by atoms with van der Waals surface area (Å²) in [5.74, 6) is -3.00. The second-order valence-electron chi connectivity index (χ2n) is 10.9. The number of nitrogens with one attached hydrogen (secondary N) is 3. The number of nitrogens with two attached hydrogens (primary N) is 1. The van der Waals surface area contributed by atoms with Gasteiger partial charge in [0, 0.05) is 47.8 Å². The summed E-state index contributed by atoms with van der Waals surface area (Å²) in [6, 6.07) is -1.45. The quantitative estimate of drug-likeness (QED) is 0.173. The van der Waals surface area contributed by atoms with E-state index in [-0.39, 0.29) is 59.6 Å². The molecule has 6 N–H and O–H groups in total. The first-order chi connectivity index (χ1) is 19.6. The highest BCUT2D eigenvalue weighted by atomic mass is 32.2. The van der Waals surface area contributed by atoms with Gasteiger partial charge in [0.25, 0.3) is 0 Å². The summed E-state index contributed by atoms with van der Waals surface area (Å²) in [6.45, 7) is 4.91. The van der Waals surface area contributed by atoms with Crippen LogP contribution < -0.4 is 21.7 Å². The highest BCUT2D eigenvalue weighted by molar-refractivity contribution is 8.03. The maximum Gasteiger partial charge on any atom is 0.353 e. The van der Waals surface area contributed by atoms with Gasteiger partial charge in [0.1, 0.15) is 18.6 Å². The Morgan fingerprint density at radius 1 is 1.29 bits per heavy atom. The number of nitrogens with zero attached hydrogens (tertiary/aromatic N) is 6. The SMILES string of the molecule is CC(NC(=O)Cn1cnnn1)[C@H]1C(=O)N2C(C(=O)O)=C(S[C@@H]3CN[C@H](C(=O)N4CC[C@@H](NC(=O)CN)C4)C3)[C@H](C)[C@H]12. The van der Waals surface area contributed by atoms with Gasteiger partial charge in [0.2, 0.25) is 23.6 Å². The molecule has 1 aromatic heterocycles. The number of carbonyl (C=O) groups excluding carboxylic acids is 4. The van der Waals surface area contributed by atoms with E-state index in [2.05, 4.69) is 31.5 Å². The van der Waals surface area contributed by atoms with Gasteiger partial charge >= 0.3 is 5.97 Å². The highest BCUT2D eigenvalue weighted by Gasteiger charge is 2.60. The van der Waals surface area contributed by atoms with Crippen LogP contribution in [0.4, 0.5) is 0 Å². The first kappa shape index (κ1) is 28.9. The van der Waals surface area contributed by atoms with Crippen LogP contribution in [-0.4, -0.2) is 120 Å². The van der Waals surface area contributed by atoms with Crippen molar-refractivity contribution in [3.8, 4) is 0 Å². The van der Waals surface area contributed by atoms with Gasteiger partial charge in [-0.1, -0.05) is 6.92 Å². The van der Waals surface area contributed by atoms with Crippen molar-refractivity contribution in [2.24, 2.45) is 17.6 Å². The van der Waals surface area contributed by atoms with Gasteiger partial charge in [-0.05, 0) is 30.2 Å². The van der Waals surface area contributed by atoms with Crippen molar-refractivity contribution in [2.45, 2.75) is 62.7 Å². The van der Waals surface area contributed by atoms with E-state index in [9.17, 15) is 29.1 Å². The average molecular weight is 591 g/mol. The largest absolute Gasteiger partial charge is 0.477 e. The van der Waals surface area contributed by atoms with Crippen LogP contribution in [-0.2, 0) is 30.5 Å². The molecule has 3 saturated heterocycles. The summed E-state index contributed by atoms with van der Waals surface area (Å²) in [5.41, 5.74) is 5.35. The number of fused-ring (bicyclic) bond motifs is 1. The molecule has 4 aliphatic heterocycles. The second-order valence-corrected chi connectivity index (χ2v) is 12.2. The van der Waals surface area contributed by atoms with Gasteiger partial charge < -0.3 is 36.6 Å². The van der Waals surface area contributed by atoms with Crippen molar-refractivity contribution < 1.29 is 29.1 Å². The third kappa shape index (κ3) is 5.65. The number of hydrogen-bond donors (Lipinski definition) is 5. The van der Waals surface area contributed by atoms with Crippen molar-refractivity contribution in [3.63, 3.8) is 0 Å². The number of tetrazole rings is 1. The first-order valence-corrected chi connectivity index (χ1v) is 14.5. The summed E-state index contributed by atoms with van der Waals surface area (Å²) in [7, 11) is 0. The molecule has 4 amide bonds. The smallest absolute Gasteiger partial charge is 0.353 e. The topological polar surface area (TPSA) is 218 Å². The Morgan fingerprint density at radius 2 is 2.07 bits per heavy atom. The summed E-state index contributed by atoms with van der Waals surface area (Å²) in [4.78, 5) is 66.3. The lowest BCUT2D eigenvalue weighted by atomic mass is 9.78. The molecule has 0 saturated carbocycles. The lowest BCUT2D eigenvalue weighted by molar-refractivity contribution is -0.158. The van der Waals surface area contributed by atoms with E-state index in [0.717, 1.165) is 0 Å². The molecule has 0 radical (unpaired) electrons. The van der Waals surface area contributed by atoms with Gasteiger partial charge in [-0.15, -0.1) is 16.9 Å². The molecule has 0 aliphatic carbocycles. The van der Waals surface area contributed by atoms with Crippen LogP contribution in [0.5, 0.6) is 0 Å². The Morgan fingerprint density at radius 3 is 2.76 bits per heavy atom. The number of carboxylic acids is 1. The van der Waals surface area contributed by atoms with Crippen LogP contribution in [0.2, 0.25) is 0 Å². The van der Waals surface area contributed by atoms with Gasteiger partial charge in [-0.3, -0.25) is 19.2 Å². The molecule has 4 aliphatic rings. The zero-order valence-electron chi connectivity index (χ0n) is 22.7. The van der Waals surface area contributed by atoms with Crippen LogP contribution in [0.3, 0.4) is 0 Å². The number of aromatic nitrogens is 4. The van der Waals surface area contributed by atoms with E-state index in [1.54, 1.807) is 11.8 Å².